The Morgan fingerprint density at radius 1 is 1.24 bits per heavy atom. The van der Waals surface area contributed by atoms with E-state index >= 15 is 0 Å². The van der Waals surface area contributed by atoms with Gasteiger partial charge in [0.05, 0.1) is 17.5 Å². The molecule has 114 valence electrons. The predicted octanol–water partition coefficient (Wildman–Crippen LogP) is 3.86. The molecule has 2 rings (SSSR count). The molecule has 4 heteroatoms. The predicted molar refractivity (Wildman–Crippen MR) is 84.7 cm³/mol. The molecule has 0 aliphatic rings. The van der Waals surface area contributed by atoms with Crippen molar-refractivity contribution in [3.63, 3.8) is 0 Å². The summed E-state index contributed by atoms with van der Waals surface area (Å²) in [6.45, 7) is 6.85. The van der Waals surface area contributed by atoms with Gasteiger partial charge >= 0.3 is 5.97 Å². The Morgan fingerprint density at radius 3 is 2.62 bits per heavy atom. The van der Waals surface area contributed by atoms with E-state index in [0.717, 1.165) is 29.7 Å². The molecule has 0 saturated heterocycles. The van der Waals surface area contributed by atoms with Crippen LogP contribution in [0, 0.1) is 13.8 Å². The Labute approximate surface area is 125 Å². The van der Waals surface area contributed by atoms with E-state index in [1.165, 1.54) is 24.0 Å². The van der Waals surface area contributed by atoms with Crippen LogP contribution in [0.25, 0.3) is 11.0 Å². The van der Waals surface area contributed by atoms with Crippen LogP contribution in [-0.4, -0.2) is 20.6 Å². The quantitative estimate of drug-likeness (QED) is 0.787. The van der Waals surface area contributed by atoms with Crippen molar-refractivity contribution in [2.24, 2.45) is 0 Å². The minimum Gasteiger partial charge on any atom is -0.481 e. The number of carboxylic acid groups (broad SMARTS) is 1. The molecule has 0 aliphatic heterocycles. The fraction of sp³-hybridized carbons (Fsp3) is 0.529. The summed E-state index contributed by atoms with van der Waals surface area (Å²) in [4.78, 5) is 15.6. The summed E-state index contributed by atoms with van der Waals surface area (Å²) in [5.41, 5.74) is 4.49. The Morgan fingerprint density at radius 2 is 1.95 bits per heavy atom. The summed E-state index contributed by atoms with van der Waals surface area (Å²) < 4.78 is 2.09. The van der Waals surface area contributed by atoms with Gasteiger partial charge in [0.2, 0.25) is 0 Å². The van der Waals surface area contributed by atoms with Crippen LogP contribution in [0.3, 0.4) is 0 Å². The monoisotopic (exact) mass is 288 g/mol. The molecular weight excluding hydrogens is 264 g/mol. The van der Waals surface area contributed by atoms with E-state index in [0.29, 0.717) is 6.54 Å². The third kappa shape index (κ3) is 3.63. The standard InChI is InChI=1S/C17H24N2O2/c1-4-5-6-7-16-18-14-10-12(2)13(3)11-15(14)19(16)9-8-17(20)21/h10-11H,4-9H2,1-3H3,(H,20,21). The highest BCUT2D eigenvalue weighted by molar-refractivity contribution is 5.78. The lowest BCUT2D eigenvalue weighted by Gasteiger charge is -2.08. The number of carbonyl (C=O) groups is 1. The smallest absolute Gasteiger partial charge is 0.305 e. The van der Waals surface area contributed by atoms with Crippen molar-refractivity contribution in [2.75, 3.05) is 0 Å². The number of benzene rings is 1. The Bertz CT molecular complexity index is 644. The summed E-state index contributed by atoms with van der Waals surface area (Å²) in [6.07, 6.45) is 4.51. The van der Waals surface area contributed by atoms with Gasteiger partial charge in [-0.1, -0.05) is 19.8 Å². The van der Waals surface area contributed by atoms with E-state index in [4.69, 9.17) is 10.1 Å². The maximum atomic E-state index is 10.9. The molecule has 21 heavy (non-hydrogen) atoms. The molecule has 0 spiro atoms. The van der Waals surface area contributed by atoms with E-state index < -0.39 is 5.97 Å². The second-order valence-corrected chi connectivity index (χ2v) is 5.71. The third-order valence-electron chi connectivity index (χ3n) is 4.00. The number of hydrogen-bond donors (Lipinski definition) is 1. The summed E-state index contributed by atoms with van der Waals surface area (Å²) >= 11 is 0. The zero-order valence-electron chi connectivity index (χ0n) is 13.1. The molecule has 0 unspecified atom stereocenters. The highest BCUT2D eigenvalue weighted by Gasteiger charge is 2.12. The summed E-state index contributed by atoms with van der Waals surface area (Å²) in [7, 11) is 0. The maximum absolute atomic E-state index is 10.9. The summed E-state index contributed by atoms with van der Waals surface area (Å²) in [5.74, 6) is 0.255. The van der Waals surface area contributed by atoms with Crippen molar-refractivity contribution in [3.05, 3.63) is 29.1 Å². The molecule has 0 bridgehead atoms. The molecule has 1 aromatic carbocycles. The lowest BCUT2D eigenvalue weighted by Crippen LogP contribution is -2.08. The normalized spacial score (nSPS) is 11.2. The van der Waals surface area contributed by atoms with E-state index in [1.54, 1.807) is 0 Å². The minimum atomic E-state index is -0.764. The van der Waals surface area contributed by atoms with Crippen LogP contribution in [0.2, 0.25) is 0 Å². The first-order valence-corrected chi connectivity index (χ1v) is 7.71. The zero-order chi connectivity index (χ0) is 15.4. The molecule has 4 nitrogen and oxygen atoms in total. The largest absolute Gasteiger partial charge is 0.481 e. The van der Waals surface area contributed by atoms with Crippen LogP contribution in [0.1, 0.15) is 49.6 Å². The van der Waals surface area contributed by atoms with Crippen LogP contribution < -0.4 is 0 Å². The first-order valence-electron chi connectivity index (χ1n) is 7.71. The molecule has 1 aromatic heterocycles. The Hall–Kier alpha value is -1.84. The van der Waals surface area contributed by atoms with Gasteiger partial charge in [-0.15, -0.1) is 0 Å². The van der Waals surface area contributed by atoms with Gasteiger partial charge in [0.1, 0.15) is 5.82 Å². The van der Waals surface area contributed by atoms with Gasteiger partial charge in [0.25, 0.3) is 0 Å². The number of imidazole rings is 1. The molecule has 0 saturated carbocycles. The number of aromatic nitrogens is 2. The average molecular weight is 288 g/mol. The lowest BCUT2D eigenvalue weighted by molar-refractivity contribution is -0.137. The summed E-state index contributed by atoms with van der Waals surface area (Å²) in [6, 6.07) is 4.23. The Kier molecular flexibility index (Phi) is 4.99. The maximum Gasteiger partial charge on any atom is 0.305 e. The first-order chi connectivity index (χ1) is 10.0. The molecule has 1 heterocycles. The number of aryl methyl sites for hydroxylation is 4. The number of hydrogen-bond acceptors (Lipinski definition) is 2. The third-order valence-corrected chi connectivity index (χ3v) is 4.00. The van der Waals surface area contributed by atoms with Crippen molar-refractivity contribution in [2.45, 2.75) is 59.4 Å². The van der Waals surface area contributed by atoms with Crippen molar-refractivity contribution < 1.29 is 9.90 Å². The molecular formula is C17H24N2O2. The van der Waals surface area contributed by atoms with Crippen molar-refractivity contribution in [1.82, 2.24) is 9.55 Å². The fourth-order valence-electron chi connectivity index (χ4n) is 2.61. The van der Waals surface area contributed by atoms with Crippen molar-refractivity contribution in [1.29, 1.82) is 0 Å². The highest BCUT2D eigenvalue weighted by atomic mass is 16.4. The number of carboxylic acids is 1. The molecule has 0 amide bonds. The van der Waals surface area contributed by atoms with Crippen LogP contribution in [0.5, 0.6) is 0 Å². The van der Waals surface area contributed by atoms with E-state index in [-0.39, 0.29) is 6.42 Å². The van der Waals surface area contributed by atoms with Crippen LogP contribution >= 0.6 is 0 Å². The molecule has 0 fully saturated rings. The van der Waals surface area contributed by atoms with Crippen LogP contribution in [0.4, 0.5) is 0 Å². The van der Waals surface area contributed by atoms with Gasteiger partial charge in [-0.3, -0.25) is 4.79 Å². The van der Waals surface area contributed by atoms with Crippen LogP contribution in [0.15, 0.2) is 12.1 Å². The number of rotatable bonds is 7. The van der Waals surface area contributed by atoms with Gasteiger partial charge in [0.15, 0.2) is 0 Å². The fourth-order valence-corrected chi connectivity index (χ4v) is 2.61. The zero-order valence-corrected chi connectivity index (χ0v) is 13.1. The topological polar surface area (TPSA) is 55.1 Å². The van der Waals surface area contributed by atoms with Crippen molar-refractivity contribution in [3.8, 4) is 0 Å². The molecule has 0 aliphatic carbocycles. The van der Waals surface area contributed by atoms with E-state index in [1.807, 2.05) is 0 Å². The average Bonchev–Trinajstić information content (AvgIpc) is 2.74. The number of nitrogens with zero attached hydrogens (tertiary/aromatic N) is 2. The summed E-state index contributed by atoms with van der Waals surface area (Å²) in [5, 5.41) is 8.95. The molecule has 2 aromatic rings. The number of unbranched alkanes of at least 4 members (excludes halogenated alkanes) is 2. The number of aliphatic carboxylic acids is 1. The minimum absolute atomic E-state index is 0.138. The van der Waals surface area contributed by atoms with Crippen molar-refractivity contribution >= 4 is 17.0 Å². The highest BCUT2D eigenvalue weighted by Crippen LogP contribution is 2.22. The van der Waals surface area contributed by atoms with E-state index in [9.17, 15) is 4.79 Å². The van der Waals surface area contributed by atoms with Gasteiger partial charge in [-0.2, -0.15) is 0 Å². The van der Waals surface area contributed by atoms with Gasteiger partial charge in [0, 0.05) is 13.0 Å². The van der Waals surface area contributed by atoms with Crippen LogP contribution in [-0.2, 0) is 17.8 Å². The van der Waals surface area contributed by atoms with E-state index in [2.05, 4.69) is 37.5 Å². The molecule has 0 atom stereocenters. The SMILES string of the molecule is CCCCCc1nc2cc(C)c(C)cc2n1CCC(=O)O. The molecule has 1 N–H and O–H groups in total. The second-order valence-electron chi connectivity index (χ2n) is 5.71. The first kappa shape index (κ1) is 15.5. The Balaban J connectivity index is 2.39. The lowest BCUT2D eigenvalue weighted by atomic mass is 10.1. The number of fused-ring (bicyclic) bond motifs is 1. The van der Waals surface area contributed by atoms with Gasteiger partial charge < -0.3 is 9.67 Å². The van der Waals surface area contributed by atoms with Gasteiger partial charge in [-0.05, 0) is 43.5 Å². The van der Waals surface area contributed by atoms with Gasteiger partial charge in [-0.25, -0.2) is 4.98 Å². The molecule has 0 radical (unpaired) electrons. The second kappa shape index (κ2) is 6.74.